The summed E-state index contributed by atoms with van der Waals surface area (Å²) in [6.45, 7) is -1.000. The maximum atomic E-state index is 12.0. The molecule has 3 N–H and O–H groups in total. The van der Waals surface area contributed by atoms with Gasteiger partial charge in [-0.3, -0.25) is 0 Å². The molecule has 0 radical (unpaired) electrons. The van der Waals surface area contributed by atoms with E-state index in [0.29, 0.717) is 5.56 Å². The zero-order chi connectivity index (χ0) is 15.9. The number of carbonyl (C=O) groups excluding carboxylic acids is 1. The molecule has 0 atom stereocenters. The van der Waals surface area contributed by atoms with Crippen molar-refractivity contribution in [2.75, 3.05) is 20.1 Å². The van der Waals surface area contributed by atoms with Crippen LogP contribution >= 0.6 is 0 Å². The molecular formula is C14H16F3N3O. The summed E-state index contributed by atoms with van der Waals surface area (Å²) in [4.78, 5) is 12.7. The van der Waals surface area contributed by atoms with Gasteiger partial charge in [0.1, 0.15) is 6.54 Å². The molecule has 0 heterocycles. The number of benzene rings is 1. The molecule has 0 aliphatic carbocycles. The van der Waals surface area contributed by atoms with E-state index in [0.717, 1.165) is 10.5 Å². The molecule has 7 heteroatoms. The van der Waals surface area contributed by atoms with E-state index in [9.17, 15) is 18.0 Å². The van der Waals surface area contributed by atoms with Gasteiger partial charge in [0.05, 0.1) is 6.54 Å². The van der Waals surface area contributed by atoms with E-state index in [4.69, 9.17) is 5.73 Å². The van der Waals surface area contributed by atoms with Crippen LogP contribution in [0.15, 0.2) is 24.3 Å². The minimum atomic E-state index is -4.43. The van der Waals surface area contributed by atoms with Gasteiger partial charge in [0.15, 0.2) is 0 Å². The Morgan fingerprint density at radius 2 is 2.05 bits per heavy atom. The summed E-state index contributed by atoms with van der Waals surface area (Å²) in [5.41, 5.74) is 6.73. The molecule has 114 valence electrons. The molecule has 0 spiro atoms. The molecule has 1 aromatic rings. The quantitative estimate of drug-likeness (QED) is 0.835. The molecule has 2 amide bonds. The van der Waals surface area contributed by atoms with Crippen molar-refractivity contribution in [3.8, 4) is 11.8 Å². The Bertz CT molecular complexity index is 546. The SMILES string of the molecule is CN(Cc1ccccc1C#CCN)C(=O)NCC(F)(F)F. The van der Waals surface area contributed by atoms with Gasteiger partial charge in [-0.15, -0.1) is 0 Å². The van der Waals surface area contributed by atoms with Gasteiger partial charge in [-0.1, -0.05) is 30.0 Å². The Balaban J connectivity index is 2.70. The lowest BCUT2D eigenvalue weighted by Crippen LogP contribution is -2.41. The van der Waals surface area contributed by atoms with Crippen LogP contribution < -0.4 is 11.1 Å². The first-order valence-electron chi connectivity index (χ1n) is 6.16. The second kappa shape index (κ2) is 7.55. The minimum Gasteiger partial charge on any atom is -0.329 e. The van der Waals surface area contributed by atoms with E-state index in [1.54, 1.807) is 24.3 Å². The summed E-state index contributed by atoms with van der Waals surface area (Å²) >= 11 is 0. The fourth-order valence-electron chi connectivity index (χ4n) is 1.56. The molecule has 0 fully saturated rings. The normalized spacial score (nSPS) is 10.5. The number of halogens is 3. The summed E-state index contributed by atoms with van der Waals surface area (Å²) in [5, 5.41) is 1.81. The van der Waals surface area contributed by atoms with Crippen molar-refractivity contribution < 1.29 is 18.0 Å². The maximum Gasteiger partial charge on any atom is 0.405 e. The van der Waals surface area contributed by atoms with E-state index >= 15 is 0 Å². The molecule has 0 bridgehead atoms. The van der Waals surface area contributed by atoms with Crippen molar-refractivity contribution in [1.29, 1.82) is 0 Å². The van der Waals surface area contributed by atoms with Gasteiger partial charge in [0, 0.05) is 19.2 Å². The molecule has 0 saturated carbocycles. The lowest BCUT2D eigenvalue weighted by Gasteiger charge is -2.19. The van der Waals surface area contributed by atoms with Gasteiger partial charge in [0.25, 0.3) is 0 Å². The summed E-state index contributed by atoms with van der Waals surface area (Å²) in [7, 11) is 1.42. The molecule has 1 rings (SSSR count). The highest BCUT2D eigenvalue weighted by atomic mass is 19.4. The van der Waals surface area contributed by atoms with Crippen LogP contribution in [0.4, 0.5) is 18.0 Å². The van der Waals surface area contributed by atoms with Gasteiger partial charge in [0.2, 0.25) is 0 Å². The van der Waals surface area contributed by atoms with Crippen LogP contribution in [0.5, 0.6) is 0 Å². The van der Waals surface area contributed by atoms with E-state index < -0.39 is 18.8 Å². The number of nitrogens with zero attached hydrogens (tertiary/aromatic N) is 1. The first-order chi connectivity index (χ1) is 9.83. The van der Waals surface area contributed by atoms with Gasteiger partial charge in [-0.25, -0.2) is 4.79 Å². The summed E-state index contributed by atoms with van der Waals surface area (Å²) in [6, 6.07) is 6.28. The third kappa shape index (κ3) is 6.19. The first-order valence-corrected chi connectivity index (χ1v) is 6.16. The number of nitrogens with one attached hydrogen (secondary N) is 1. The number of hydrogen-bond acceptors (Lipinski definition) is 2. The molecular weight excluding hydrogens is 283 g/mol. The summed E-state index contributed by atoms with van der Waals surface area (Å²) < 4.78 is 36.1. The van der Waals surface area contributed by atoms with E-state index in [2.05, 4.69) is 11.8 Å². The smallest absolute Gasteiger partial charge is 0.329 e. The van der Waals surface area contributed by atoms with Crippen LogP contribution in [-0.4, -0.2) is 37.2 Å². The Labute approximate surface area is 121 Å². The maximum absolute atomic E-state index is 12.0. The van der Waals surface area contributed by atoms with Crippen LogP contribution in [0, 0.1) is 11.8 Å². The highest BCUT2D eigenvalue weighted by Crippen LogP contribution is 2.13. The summed E-state index contributed by atoms with van der Waals surface area (Å²) in [5.74, 6) is 5.56. The molecule has 0 aliphatic rings. The second-order valence-electron chi connectivity index (χ2n) is 4.29. The zero-order valence-electron chi connectivity index (χ0n) is 11.5. The van der Waals surface area contributed by atoms with E-state index in [1.165, 1.54) is 7.05 Å². The molecule has 0 unspecified atom stereocenters. The minimum absolute atomic E-state index is 0.152. The van der Waals surface area contributed by atoms with Crippen molar-refractivity contribution >= 4 is 6.03 Å². The Morgan fingerprint density at radius 1 is 1.38 bits per heavy atom. The topological polar surface area (TPSA) is 58.4 Å². The predicted molar refractivity (Wildman–Crippen MR) is 73.3 cm³/mol. The molecule has 0 aliphatic heterocycles. The lowest BCUT2D eigenvalue weighted by atomic mass is 10.1. The number of hydrogen-bond donors (Lipinski definition) is 2. The fraction of sp³-hybridized carbons (Fsp3) is 0.357. The largest absolute Gasteiger partial charge is 0.405 e. The number of rotatable bonds is 3. The highest BCUT2D eigenvalue weighted by molar-refractivity contribution is 5.74. The molecule has 1 aromatic carbocycles. The van der Waals surface area contributed by atoms with Crippen LogP contribution in [0.3, 0.4) is 0 Å². The fourth-order valence-corrected chi connectivity index (χ4v) is 1.56. The average Bonchev–Trinajstić information content (AvgIpc) is 2.43. The van der Waals surface area contributed by atoms with E-state index in [1.807, 2.05) is 5.32 Å². The number of carbonyl (C=O) groups is 1. The number of urea groups is 1. The van der Waals surface area contributed by atoms with Gasteiger partial charge in [-0.2, -0.15) is 13.2 Å². The number of amides is 2. The summed E-state index contributed by atoms with van der Waals surface area (Å²) in [6.07, 6.45) is -4.43. The second-order valence-corrected chi connectivity index (χ2v) is 4.29. The van der Waals surface area contributed by atoms with Gasteiger partial charge >= 0.3 is 12.2 Å². The van der Waals surface area contributed by atoms with Gasteiger partial charge in [-0.05, 0) is 11.6 Å². The Kier molecular flexibility index (Phi) is 6.06. The van der Waals surface area contributed by atoms with Crippen molar-refractivity contribution in [2.24, 2.45) is 5.73 Å². The average molecular weight is 299 g/mol. The number of nitrogens with two attached hydrogens (primary N) is 1. The standard InChI is InChI=1S/C14H16F3N3O/c1-20(13(21)19-10-14(15,16)17)9-12-6-3-2-5-11(12)7-4-8-18/h2-3,5-6H,8-10,18H2,1H3,(H,19,21). The van der Waals surface area contributed by atoms with Crippen molar-refractivity contribution in [3.05, 3.63) is 35.4 Å². The Morgan fingerprint density at radius 3 is 2.67 bits per heavy atom. The van der Waals surface area contributed by atoms with E-state index in [-0.39, 0.29) is 13.1 Å². The van der Waals surface area contributed by atoms with Gasteiger partial charge < -0.3 is 16.0 Å². The zero-order valence-corrected chi connectivity index (χ0v) is 11.5. The molecule has 21 heavy (non-hydrogen) atoms. The third-order valence-electron chi connectivity index (χ3n) is 2.54. The van der Waals surface area contributed by atoms with Crippen LogP contribution in [0.25, 0.3) is 0 Å². The van der Waals surface area contributed by atoms with Crippen LogP contribution in [-0.2, 0) is 6.54 Å². The van der Waals surface area contributed by atoms with Crippen LogP contribution in [0.1, 0.15) is 11.1 Å². The Hall–Kier alpha value is -2.20. The van der Waals surface area contributed by atoms with Crippen LogP contribution in [0.2, 0.25) is 0 Å². The monoisotopic (exact) mass is 299 g/mol. The third-order valence-corrected chi connectivity index (χ3v) is 2.54. The molecule has 0 aromatic heterocycles. The van der Waals surface area contributed by atoms with Crippen molar-refractivity contribution in [2.45, 2.75) is 12.7 Å². The predicted octanol–water partition coefficient (Wildman–Crippen LogP) is 1.70. The van der Waals surface area contributed by atoms with Crippen molar-refractivity contribution in [1.82, 2.24) is 10.2 Å². The highest BCUT2D eigenvalue weighted by Gasteiger charge is 2.28. The lowest BCUT2D eigenvalue weighted by molar-refractivity contribution is -0.123. The van der Waals surface area contributed by atoms with Crippen molar-refractivity contribution in [3.63, 3.8) is 0 Å². The first kappa shape index (κ1) is 16.9. The molecule has 4 nitrogen and oxygen atoms in total. The number of alkyl halides is 3. The molecule has 0 saturated heterocycles.